The summed E-state index contributed by atoms with van der Waals surface area (Å²) in [6.07, 6.45) is 0. The summed E-state index contributed by atoms with van der Waals surface area (Å²) in [6.45, 7) is 4.48. The van der Waals surface area contributed by atoms with Gasteiger partial charge < -0.3 is 14.8 Å². The minimum Gasteiger partial charge on any atom is -0.481 e. The largest absolute Gasteiger partial charge is 0.481 e. The molecule has 0 amide bonds. The quantitative estimate of drug-likeness (QED) is 0.780. The molecule has 0 atom stereocenters. The number of hydrogen-bond acceptors (Lipinski definition) is 4. The van der Waals surface area contributed by atoms with E-state index >= 15 is 0 Å². The topological polar surface area (TPSA) is 92.3 Å². The van der Waals surface area contributed by atoms with E-state index in [0.29, 0.717) is 5.56 Å². The average Bonchev–Trinajstić information content (AvgIpc) is 2.21. The summed E-state index contributed by atoms with van der Waals surface area (Å²) in [5.41, 5.74) is -1.33. The maximum atomic E-state index is 11.5. The van der Waals surface area contributed by atoms with Crippen LogP contribution in [0.1, 0.15) is 25.2 Å². The molecule has 0 saturated heterocycles. The second-order valence-electron chi connectivity index (χ2n) is 3.98. The molecule has 2 N–H and O–H groups in total. The number of aliphatic carboxylic acids is 1. The summed E-state index contributed by atoms with van der Waals surface area (Å²) in [4.78, 5) is 29.0. The number of methoxy groups -OCH3 is 1. The minimum absolute atomic E-state index is 0.0763. The fourth-order valence-electron chi connectivity index (χ4n) is 1.11. The van der Waals surface area contributed by atoms with Crippen molar-refractivity contribution in [2.75, 3.05) is 7.11 Å². The van der Waals surface area contributed by atoms with Crippen molar-refractivity contribution in [2.24, 2.45) is 0 Å². The van der Waals surface area contributed by atoms with Crippen LogP contribution < -0.4 is 10.3 Å². The third kappa shape index (κ3) is 1.91. The van der Waals surface area contributed by atoms with Crippen LogP contribution in [0.3, 0.4) is 0 Å². The van der Waals surface area contributed by atoms with E-state index in [0.717, 1.165) is 0 Å². The lowest BCUT2D eigenvalue weighted by Crippen LogP contribution is -2.33. The van der Waals surface area contributed by atoms with Crippen molar-refractivity contribution in [2.45, 2.75) is 26.2 Å². The predicted octanol–water partition coefficient (Wildman–Crippen LogP) is 0.449. The van der Waals surface area contributed by atoms with Crippen LogP contribution in [0.25, 0.3) is 0 Å². The lowest BCUT2D eigenvalue weighted by atomic mass is 9.92. The van der Waals surface area contributed by atoms with Crippen LogP contribution in [0.15, 0.2) is 4.79 Å². The molecule has 0 bridgehead atoms. The molecule has 1 rings (SSSR count). The zero-order valence-electron chi connectivity index (χ0n) is 9.62. The highest BCUT2D eigenvalue weighted by molar-refractivity contribution is 5.78. The van der Waals surface area contributed by atoms with E-state index in [2.05, 4.69) is 9.97 Å². The van der Waals surface area contributed by atoms with Gasteiger partial charge in [0.2, 0.25) is 5.88 Å². The number of nitrogens with one attached hydrogen (secondary N) is 1. The number of carboxylic acid groups (broad SMARTS) is 1. The SMILES string of the molecule is COc1nc(C(C)(C)C(=O)O)[nH]c(=O)c1C. The number of carboxylic acids is 1. The molecule has 1 heterocycles. The molecule has 6 nitrogen and oxygen atoms in total. The van der Waals surface area contributed by atoms with E-state index in [-0.39, 0.29) is 11.7 Å². The molecule has 16 heavy (non-hydrogen) atoms. The van der Waals surface area contributed by atoms with Gasteiger partial charge in [0.05, 0.1) is 12.7 Å². The smallest absolute Gasteiger partial charge is 0.316 e. The van der Waals surface area contributed by atoms with Crippen molar-refractivity contribution in [1.82, 2.24) is 9.97 Å². The Labute approximate surface area is 92.3 Å². The van der Waals surface area contributed by atoms with Gasteiger partial charge in [0.1, 0.15) is 11.2 Å². The molecule has 0 aliphatic carbocycles. The van der Waals surface area contributed by atoms with Gasteiger partial charge in [-0.15, -0.1) is 0 Å². The van der Waals surface area contributed by atoms with Crippen molar-refractivity contribution in [3.8, 4) is 5.88 Å². The minimum atomic E-state index is -1.26. The first-order chi connectivity index (χ1) is 7.30. The zero-order chi connectivity index (χ0) is 12.5. The number of ether oxygens (including phenoxy) is 1. The molecule has 1 aromatic heterocycles. The van der Waals surface area contributed by atoms with E-state index < -0.39 is 16.9 Å². The third-order valence-electron chi connectivity index (χ3n) is 2.43. The summed E-state index contributed by atoms with van der Waals surface area (Å²) in [5, 5.41) is 9.02. The monoisotopic (exact) mass is 226 g/mol. The van der Waals surface area contributed by atoms with Gasteiger partial charge >= 0.3 is 5.97 Å². The Bertz CT molecular complexity index is 476. The van der Waals surface area contributed by atoms with Crippen molar-refractivity contribution in [3.05, 3.63) is 21.7 Å². The summed E-state index contributed by atoms with van der Waals surface area (Å²) in [6, 6.07) is 0. The van der Waals surface area contributed by atoms with Crippen molar-refractivity contribution >= 4 is 5.97 Å². The molecule has 0 aromatic carbocycles. The van der Waals surface area contributed by atoms with Crippen LogP contribution in [0.2, 0.25) is 0 Å². The molecule has 0 radical (unpaired) electrons. The van der Waals surface area contributed by atoms with E-state index in [4.69, 9.17) is 9.84 Å². The van der Waals surface area contributed by atoms with Crippen molar-refractivity contribution in [1.29, 1.82) is 0 Å². The number of aromatic nitrogens is 2. The second kappa shape index (κ2) is 3.96. The third-order valence-corrected chi connectivity index (χ3v) is 2.43. The molecule has 0 fully saturated rings. The maximum absolute atomic E-state index is 11.5. The Morgan fingerprint density at radius 2 is 2.06 bits per heavy atom. The first-order valence-corrected chi connectivity index (χ1v) is 4.69. The highest BCUT2D eigenvalue weighted by Crippen LogP contribution is 2.21. The molecule has 88 valence electrons. The maximum Gasteiger partial charge on any atom is 0.316 e. The summed E-state index contributed by atoms with van der Waals surface area (Å²) < 4.78 is 4.92. The summed E-state index contributed by atoms with van der Waals surface area (Å²) in [7, 11) is 1.38. The van der Waals surface area contributed by atoms with Crippen LogP contribution in [0.4, 0.5) is 0 Å². The molecule has 0 saturated carbocycles. The van der Waals surface area contributed by atoms with E-state index in [1.54, 1.807) is 6.92 Å². The number of hydrogen-bond donors (Lipinski definition) is 2. The van der Waals surface area contributed by atoms with Gasteiger partial charge in [0, 0.05) is 0 Å². The van der Waals surface area contributed by atoms with Gasteiger partial charge in [-0.25, -0.2) is 0 Å². The van der Waals surface area contributed by atoms with Crippen LogP contribution in [0.5, 0.6) is 5.88 Å². The number of carbonyl (C=O) groups is 1. The predicted molar refractivity (Wildman–Crippen MR) is 56.8 cm³/mol. The fraction of sp³-hybridized carbons (Fsp3) is 0.500. The second-order valence-corrected chi connectivity index (χ2v) is 3.98. The Hall–Kier alpha value is -1.85. The fourth-order valence-corrected chi connectivity index (χ4v) is 1.11. The zero-order valence-corrected chi connectivity index (χ0v) is 9.62. The molecule has 0 spiro atoms. The average molecular weight is 226 g/mol. The van der Waals surface area contributed by atoms with E-state index in [9.17, 15) is 9.59 Å². The number of H-pyrrole nitrogens is 1. The molecule has 6 heteroatoms. The lowest BCUT2D eigenvalue weighted by molar-refractivity contribution is -0.142. The van der Waals surface area contributed by atoms with Crippen LogP contribution in [0, 0.1) is 6.92 Å². The molecule has 1 aromatic rings. The van der Waals surface area contributed by atoms with Gasteiger partial charge in [-0.1, -0.05) is 0 Å². The molecular formula is C10H14N2O4. The Balaban J connectivity index is 3.43. The van der Waals surface area contributed by atoms with Crippen molar-refractivity contribution < 1.29 is 14.6 Å². The summed E-state index contributed by atoms with van der Waals surface area (Å²) in [5.74, 6) is -0.845. The standard InChI is InChI=1S/C10H14N2O4/c1-5-6(13)11-8(12-7(5)16-4)10(2,3)9(14)15/h1-4H3,(H,14,15)(H,11,12,13). The molecule has 0 unspecified atom stereocenters. The normalized spacial score (nSPS) is 11.2. The van der Waals surface area contributed by atoms with E-state index in [1.807, 2.05) is 0 Å². The van der Waals surface area contributed by atoms with E-state index in [1.165, 1.54) is 21.0 Å². The number of rotatable bonds is 3. The number of aromatic amines is 1. The highest BCUT2D eigenvalue weighted by Gasteiger charge is 2.33. The van der Waals surface area contributed by atoms with Crippen LogP contribution in [-0.4, -0.2) is 28.2 Å². The van der Waals surface area contributed by atoms with Gasteiger partial charge in [0.15, 0.2) is 0 Å². The molecule has 0 aliphatic rings. The first kappa shape index (κ1) is 12.2. The lowest BCUT2D eigenvalue weighted by Gasteiger charge is -2.18. The molecular weight excluding hydrogens is 212 g/mol. The molecule has 0 aliphatic heterocycles. The Morgan fingerprint density at radius 3 is 2.50 bits per heavy atom. The summed E-state index contributed by atoms with van der Waals surface area (Å²) >= 11 is 0. The Morgan fingerprint density at radius 1 is 1.50 bits per heavy atom. The Kier molecular flexibility index (Phi) is 3.02. The van der Waals surface area contributed by atoms with Crippen LogP contribution >= 0.6 is 0 Å². The first-order valence-electron chi connectivity index (χ1n) is 4.69. The van der Waals surface area contributed by atoms with Gasteiger partial charge in [0.25, 0.3) is 5.56 Å². The highest BCUT2D eigenvalue weighted by atomic mass is 16.5. The van der Waals surface area contributed by atoms with Crippen molar-refractivity contribution in [3.63, 3.8) is 0 Å². The van der Waals surface area contributed by atoms with Gasteiger partial charge in [-0.2, -0.15) is 4.98 Å². The number of nitrogens with zero attached hydrogens (tertiary/aromatic N) is 1. The van der Waals surface area contributed by atoms with Crippen LogP contribution in [-0.2, 0) is 10.2 Å². The van der Waals surface area contributed by atoms with Gasteiger partial charge in [-0.3, -0.25) is 9.59 Å². The van der Waals surface area contributed by atoms with Gasteiger partial charge in [-0.05, 0) is 20.8 Å².